The van der Waals surface area contributed by atoms with Crippen molar-refractivity contribution < 1.29 is 48.2 Å². The van der Waals surface area contributed by atoms with E-state index in [-0.39, 0.29) is 80.7 Å². The highest BCUT2D eigenvalue weighted by Crippen LogP contribution is 2.34. The monoisotopic (exact) mass is 1020 g/mol. The number of nitrogens with zero attached hydrogens (tertiary/aromatic N) is 6. The zero-order chi connectivity index (χ0) is 45.1. The molecule has 62 heavy (non-hydrogen) atoms. The number of halogens is 4. The van der Waals surface area contributed by atoms with Crippen LogP contribution < -0.4 is 28.0 Å². The van der Waals surface area contributed by atoms with Gasteiger partial charge in [0.25, 0.3) is 11.8 Å². The second kappa shape index (κ2) is 23.3. The number of nitrogen functional groups attached to an aromatic ring is 1. The largest absolute Gasteiger partial charge is 0.488 e. The van der Waals surface area contributed by atoms with Gasteiger partial charge in [0.05, 0.1) is 93.6 Å². The van der Waals surface area contributed by atoms with Gasteiger partial charge in [-0.3, -0.25) is 19.0 Å². The molecule has 2 amide bonds. The molecule has 2 aromatic carbocycles. The molecule has 0 radical (unpaired) electrons. The summed E-state index contributed by atoms with van der Waals surface area (Å²) in [4.78, 5) is 46.2. The summed E-state index contributed by atoms with van der Waals surface area (Å²) in [6.45, 7) is 1.75. The van der Waals surface area contributed by atoms with Crippen LogP contribution in [0.1, 0.15) is 73.8 Å². The quantitative estimate of drug-likeness (QED) is 0.102. The number of esters is 2. The van der Waals surface area contributed by atoms with Gasteiger partial charge in [0, 0.05) is 31.3 Å². The van der Waals surface area contributed by atoms with Crippen molar-refractivity contribution >= 4 is 109 Å². The Hall–Kier alpha value is -5.24. The van der Waals surface area contributed by atoms with Crippen LogP contribution in [-0.4, -0.2) is 101 Å². The van der Waals surface area contributed by atoms with E-state index in [1.54, 1.807) is 6.07 Å². The Morgan fingerprint density at radius 3 is 1.74 bits per heavy atom. The first-order valence-corrected chi connectivity index (χ1v) is 20.1. The fourth-order valence-corrected chi connectivity index (χ4v) is 7.17. The van der Waals surface area contributed by atoms with Crippen molar-refractivity contribution in [2.75, 3.05) is 51.7 Å². The SMILES string of the molecule is C.COC(=O)c1cc(B(O)O)cc(Cl)c1Br.COC(=O)c1cc(Nc2nn(C3COCC[C@@H]3C#N)cc2C(N)=O)cc(Cl)c1Br.N#C[C@H]1CCOCC1n1cc(C(N)=O)c(N)n1. The summed E-state index contributed by atoms with van der Waals surface area (Å²) < 4.78 is 23.8. The lowest BCUT2D eigenvalue weighted by Crippen LogP contribution is -2.30. The number of nitrogens with one attached hydrogen (secondary N) is 1. The smallest absolute Gasteiger partial charge is 0.465 e. The minimum absolute atomic E-state index is 0. The van der Waals surface area contributed by atoms with Gasteiger partial charge in [-0.25, -0.2) is 9.59 Å². The molecule has 0 saturated carbocycles. The molecular weight excluding hydrogens is 986 g/mol. The van der Waals surface area contributed by atoms with E-state index >= 15 is 0 Å². The lowest BCUT2D eigenvalue weighted by Gasteiger charge is -2.26. The number of rotatable bonds is 9. The number of carbonyl (C=O) groups is 4. The van der Waals surface area contributed by atoms with Crippen molar-refractivity contribution in [2.45, 2.75) is 32.4 Å². The highest BCUT2D eigenvalue weighted by Gasteiger charge is 2.31. The molecule has 20 nitrogen and oxygen atoms in total. The maximum Gasteiger partial charge on any atom is 0.488 e. The second-order valence-corrected chi connectivity index (χ2v) is 15.4. The number of ether oxygens (including phenoxy) is 4. The number of aromatic nitrogens is 4. The minimum atomic E-state index is -1.68. The van der Waals surface area contributed by atoms with Crippen LogP contribution in [0.5, 0.6) is 0 Å². The summed E-state index contributed by atoms with van der Waals surface area (Å²) >= 11 is 18.3. The van der Waals surface area contributed by atoms with Gasteiger partial charge in [-0.15, -0.1) is 0 Å². The lowest BCUT2D eigenvalue weighted by atomic mass is 9.79. The van der Waals surface area contributed by atoms with Crippen molar-refractivity contribution in [3.8, 4) is 12.1 Å². The normalized spacial score (nSPS) is 17.8. The number of amides is 2. The topological polar surface area (TPSA) is 319 Å². The zero-order valence-corrected chi connectivity index (χ0v) is 36.9. The van der Waals surface area contributed by atoms with Crippen LogP contribution in [0.4, 0.5) is 17.3 Å². The summed E-state index contributed by atoms with van der Waals surface area (Å²) in [5, 5.41) is 48.2. The Morgan fingerprint density at radius 2 is 1.29 bits per heavy atom. The number of hydrogen-bond acceptors (Lipinski definition) is 16. The molecule has 4 aromatic rings. The van der Waals surface area contributed by atoms with Crippen molar-refractivity contribution in [2.24, 2.45) is 23.3 Å². The van der Waals surface area contributed by atoms with Crippen molar-refractivity contribution in [1.82, 2.24) is 19.6 Å². The van der Waals surface area contributed by atoms with Gasteiger partial charge in [-0.1, -0.05) is 30.6 Å². The maximum atomic E-state index is 12.0. The molecule has 2 unspecified atom stereocenters. The number of primary amides is 2. The van der Waals surface area contributed by atoms with E-state index in [4.69, 9.17) is 69.9 Å². The lowest BCUT2D eigenvalue weighted by molar-refractivity contribution is 0.0341. The van der Waals surface area contributed by atoms with Crippen molar-refractivity contribution in [3.05, 3.63) is 77.9 Å². The Labute approximate surface area is 382 Å². The highest BCUT2D eigenvalue weighted by atomic mass is 79.9. The van der Waals surface area contributed by atoms with E-state index in [9.17, 15) is 24.4 Å². The first-order chi connectivity index (χ1) is 28.9. The molecular formula is C37H41BBr2Cl2N10O10. The molecule has 0 aliphatic carbocycles. The van der Waals surface area contributed by atoms with Gasteiger partial charge < -0.3 is 51.5 Å². The first-order valence-electron chi connectivity index (χ1n) is 17.7. The maximum absolute atomic E-state index is 12.0. The fraction of sp³-hybridized carbons (Fsp3) is 0.351. The van der Waals surface area contributed by atoms with Crippen LogP contribution in [0.3, 0.4) is 0 Å². The molecule has 2 aliphatic heterocycles. The summed E-state index contributed by atoms with van der Waals surface area (Å²) in [6, 6.07) is 9.61. The number of carbonyl (C=O) groups excluding carboxylic acids is 4. The molecule has 330 valence electrons. The van der Waals surface area contributed by atoms with Gasteiger partial charge in [-0.05, 0) is 74.4 Å². The van der Waals surface area contributed by atoms with E-state index in [1.165, 1.54) is 54.2 Å². The van der Waals surface area contributed by atoms with Crippen molar-refractivity contribution in [3.63, 3.8) is 0 Å². The van der Waals surface area contributed by atoms with E-state index in [2.05, 4.69) is 64.2 Å². The minimum Gasteiger partial charge on any atom is -0.465 e. The van der Waals surface area contributed by atoms with Crippen LogP contribution in [0.25, 0.3) is 0 Å². The van der Waals surface area contributed by atoms with Gasteiger partial charge >= 0.3 is 19.1 Å². The molecule has 4 atom stereocenters. The Bertz CT molecular complexity index is 2370. The third kappa shape index (κ3) is 12.4. The first kappa shape index (κ1) is 51.1. The summed E-state index contributed by atoms with van der Waals surface area (Å²) in [5.74, 6) is -2.74. The zero-order valence-electron chi connectivity index (χ0n) is 32.2. The number of benzene rings is 2. The van der Waals surface area contributed by atoms with Gasteiger partial charge in [-0.2, -0.15) is 20.7 Å². The predicted octanol–water partition coefficient (Wildman–Crippen LogP) is 3.90. The third-order valence-corrected chi connectivity index (χ3v) is 11.9. The van der Waals surface area contributed by atoms with Crippen LogP contribution in [0, 0.1) is 34.5 Å². The molecule has 9 N–H and O–H groups in total. The molecule has 2 fully saturated rings. The molecule has 0 bridgehead atoms. The van der Waals surface area contributed by atoms with E-state index in [0.29, 0.717) is 53.9 Å². The summed E-state index contributed by atoms with van der Waals surface area (Å²) in [5.41, 5.74) is 17.4. The van der Waals surface area contributed by atoms with E-state index in [0.717, 1.165) is 0 Å². The average molecular weight is 1030 g/mol. The highest BCUT2D eigenvalue weighted by molar-refractivity contribution is 9.11. The van der Waals surface area contributed by atoms with Crippen LogP contribution in [-0.2, 0) is 18.9 Å². The van der Waals surface area contributed by atoms with Crippen LogP contribution in [0.15, 0.2) is 45.6 Å². The van der Waals surface area contributed by atoms with E-state index < -0.39 is 30.9 Å². The molecule has 25 heteroatoms. The Kier molecular flexibility index (Phi) is 19.2. The molecule has 2 aliphatic rings. The molecule has 4 heterocycles. The summed E-state index contributed by atoms with van der Waals surface area (Å²) in [7, 11) is 0.803. The number of nitriles is 2. The standard InChI is InChI=1S/C18H17BrClN5O4.C10H13N5O2.C8H7BBrClO4.CH4/c1-28-18(27)11-4-10(5-13(20)15(11)19)23-17-12(16(22)26)7-25(24-17)14-8-29-3-2-9(14)6-21;11-3-6-1-2-17-5-8(6)15-4-7(10(13)16)9(12)14-15;1-15-8(12)5-2-4(9(13)14)3-6(11)7(5)10;/h4-5,7,9,14H,2-3,8H2,1H3,(H2,22,26)(H,23,24);4,6,8H,1-2,5H2,(H2,12,14)(H2,13,16);2-3,13-14H,1H3;1H4/t9-,14?;6-,8?;;/m11../s1. The molecule has 2 aromatic heterocycles. The molecule has 0 spiro atoms. The number of nitrogens with two attached hydrogens (primary N) is 3. The fourth-order valence-electron chi connectivity index (χ4n) is 5.94. The number of methoxy groups -OCH3 is 2. The molecule has 6 rings (SSSR count). The molecule has 2 saturated heterocycles. The van der Waals surface area contributed by atoms with Gasteiger partial charge in [0.2, 0.25) is 0 Å². The average Bonchev–Trinajstić information content (AvgIpc) is 3.86. The van der Waals surface area contributed by atoms with Crippen LogP contribution in [0.2, 0.25) is 10.0 Å². The third-order valence-electron chi connectivity index (χ3n) is 9.14. The van der Waals surface area contributed by atoms with Crippen LogP contribution >= 0.6 is 55.1 Å². The number of anilines is 3. The predicted molar refractivity (Wildman–Crippen MR) is 234 cm³/mol. The summed E-state index contributed by atoms with van der Waals surface area (Å²) in [6.07, 6.45) is 4.17. The number of hydrogen-bond donors (Lipinski definition) is 6. The van der Waals surface area contributed by atoms with Gasteiger partial charge in [0.1, 0.15) is 11.1 Å². The second-order valence-electron chi connectivity index (χ2n) is 13.0. The van der Waals surface area contributed by atoms with E-state index in [1.807, 2.05) is 0 Å². The van der Waals surface area contributed by atoms with Gasteiger partial charge in [0.15, 0.2) is 11.6 Å². The Balaban J connectivity index is 0.000000265. The van der Waals surface area contributed by atoms with Crippen molar-refractivity contribution in [1.29, 1.82) is 10.5 Å². The Morgan fingerprint density at radius 1 is 0.823 bits per heavy atom.